The Balaban J connectivity index is 1.42. The first-order valence-electron chi connectivity index (χ1n) is 16.1. The number of methoxy groups -OCH3 is 1. The molecule has 0 spiro atoms. The highest BCUT2D eigenvalue weighted by Gasteiger charge is 2.63. The topological polar surface area (TPSA) is 76.5 Å². The molecular formula is C36H37Cl2FN4O3. The number of benzene rings is 3. The van der Waals surface area contributed by atoms with Gasteiger partial charge in [-0.25, -0.2) is 14.2 Å². The maximum absolute atomic E-state index is 16.3. The van der Waals surface area contributed by atoms with E-state index in [4.69, 9.17) is 32.9 Å². The number of aromatic nitrogens is 2. The highest BCUT2D eigenvalue weighted by molar-refractivity contribution is 6.31. The van der Waals surface area contributed by atoms with Crippen molar-refractivity contribution in [2.24, 2.45) is 5.92 Å². The Morgan fingerprint density at radius 3 is 2.59 bits per heavy atom. The largest absolute Gasteiger partial charge is 0.465 e. The molecule has 3 aliphatic rings. The van der Waals surface area contributed by atoms with Crippen LogP contribution >= 0.6 is 23.2 Å². The van der Waals surface area contributed by atoms with Gasteiger partial charge in [-0.15, -0.1) is 0 Å². The van der Waals surface area contributed by atoms with Gasteiger partial charge in [0, 0.05) is 41.7 Å². The molecule has 4 atom stereocenters. The Labute approximate surface area is 278 Å². The van der Waals surface area contributed by atoms with Gasteiger partial charge in [-0.2, -0.15) is 0 Å². The summed E-state index contributed by atoms with van der Waals surface area (Å²) in [5.74, 6) is -0.904. The van der Waals surface area contributed by atoms with E-state index in [2.05, 4.69) is 14.8 Å². The first-order chi connectivity index (χ1) is 22.2. The van der Waals surface area contributed by atoms with E-state index in [-0.39, 0.29) is 22.9 Å². The number of ether oxygens (including phenoxy) is 1. The average molecular weight is 664 g/mol. The number of carbonyl (C=O) groups is 2. The fraction of sp³-hybridized carbons (Fsp3) is 0.417. The number of hydrogen-bond donors (Lipinski definition) is 1. The molecule has 1 amide bonds. The molecular weight excluding hydrogens is 626 g/mol. The van der Waals surface area contributed by atoms with Gasteiger partial charge in [0.1, 0.15) is 17.2 Å². The minimum atomic E-state index is -1.16. The lowest BCUT2D eigenvalue weighted by Gasteiger charge is -2.42. The number of imidazole rings is 1. The van der Waals surface area contributed by atoms with E-state index in [1.54, 1.807) is 48.5 Å². The number of amides is 1. The molecule has 2 fully saturated rings. The molecule has 46 heavy (non-hydrogen) atoms. The molecule has 3 aromatic carbocycles. The summed E-state index contributed by atoms with van der Waals surface area (Å²) in [4.78, 5) is 34.7. The van der Waals surface area contributed by atoms with Crippen LogP contribution in [-0.4, -0.2) is 51.6 Å². The van der Waals surface area contributed by atoms with Gasteiger partial charge in [0.05, 0.1) is 28.7 Å². The van der Waals surface area contributed by atoms with Gasteiger partial charge in [0.2, 0.25) is 5.91 Å². The molecule has 240 valence electrons. The van der Waals surface area contributed by atoms with Gasteiger partial charge < -0.3 is 14.6 Å². The Hall–Kier alpha value is -3.46. The summed E-state index contributed by atoms with van der Waals surface area (Å²) >= 11 is 12.7. The molecule has 1 saturated heterocycles. The van der Waals surface area contributed by atoms with Gasteiger partial charge in [0.25, 0.3) is 0 Å². The summed E-state index contributed by atoms with van der Waals surface area (Å²) in [6.07, 6.45) is 6.53. The van der Waals surface area contributed by atoms with Crippen molar-refractivity contribution in [2.45, 2.75) is 75.4 Å². The second-order valence-electron chi connectivity index (χ2n) is 13.1. The third-order valence-electron chi connectivity index (χ3n) is 10.6. The predicted octanol–water partition coefficient (Wildman–Crippen LogP) is 8.20. The van der Waals surface area contributed by atoms with Gasteiger partial charge in [-0.3, -0.25) is 9.69 Å². The van der Waals surface area contributed by atoms with Crippen molar-refractivity contribution in [1.29, 1.82) is 0 Å². The molecule has 3 heterocycles. The van der Waals surface area contributed by atoms with E-state index < -0.39 is 23.2 Å². The predicted molar refractivity (Wildman–Crippen MR) is 178 cm³/mol. The molecule has 2 aliphatic heterocycles. The molecule has 4 aromatic rings. The number of carbonyl (C=O) groups excluding carboxylic acids is 2. The van der Waals surface area contributed by atoms with Crippen molar-refractivity contribution >= 4 is 51.8 Å². The summed E-state index contributed by atoms with van der Waals surface area (Å²) in [5, 5.41) is 3.69. The van der Waals surface area contributed by atoms with Crippen LogP contribution in [0.25, 0.3) is 11.0 Å². The van der Waals surface area contributed by atoms with E-state index >= 15 is 4.39 Å². The number of fused-ring (bicyclic) bond motifs is 5. The van der Waals surface area contributed by atoms with Gasteiger partial charge in [-0.05, 0) is 80.1 Å². The molecule has 0 bridgehead atoms. The maximum Gasteiger partial charge on any atom is 0.337 e. The Kier molecular flexibility index (Phi) is 8.32. The van der Waals surface area contributed by atoms with Gasteiger partial charge >= 0.3 is 5.97 Å². The third-order valence-corrected chi connectivity index (χ3v) is 11.1. The Morgan fingerprint density at radius 1 is 1.04 bits per heavy atom. The molecule has 7 rings (SSSR count). The number of anilines is 1. The normalized spacial score (nSPS) is 24.8. The number of esters is 1. The molecule has 0 radical (unpaired) electrons. The number of nitrogens with one attached hydrogen (secondary N) is 1. The van der Waals surface area contributed by atoms with E-state index in [1.165, 1.54) is 26.4 Å². The zero-order valence-corrected chi connectivity index (χ0v) is 27.5. The zero-order valence-electron chi connectivity index (χ0n) is 25.9. The van der Waals surface area contributed by atoms with Crippen LogP contribution < -0.4 is 5.32 Å². The van der Waals surface area contributed by atoms with Crippen LogP contribution in [0.1, 0.15) is 79.0 Å². The van der Waals surface area contributed by atoms with Crippen LogP contribution in [0.3, 0.4) is 0 Å². The van der Waals surface area contributed by atoms with E-state index in [0.717, 1.165) is 37.1 Å². The average Bonchev–Trinajstić information content (AvgIpc) is 3.55. The number of likely N-dealkylation sites (tertiary alicyclic amines) is 1. The quantitative estimate of drug-likeness (QED) is 0.211. The fourth-order valence-electron chi connectivity index (χ4n) is 8.41. The van der Waals surface area contributed by atoms with E-state index in [9.17, 15) is 9.59 Å². The molecule has 0 unspecified atom stereocenters. The monoisotopic (exact) mass is 662 g/mol. The van der Waals surface area contributed by atoms with Crippen molar-refractivity contribution in [1.82, 2.24) is 14.5 Å². The summed E-state index contributed by atoms with van der Waals surface area (Å²) in [7, 11) is 1.36. The summed E-state index contributed by atoms with van der Waals surface area (Å²) in [6.45, 7) is 3.37. The van der Waals surface area contributed by atoms with Crippen molar-refractivity contribution in [3.05, 3.63) is 93.5 Å². The lowest BCUT2D eigenvalue weighted by atomic mass is 9.73. The van der Waals surface area contributed by atoms with Crippen LogP contribution in [0.4, 0.5) is 10.1 Å². The third kappa shape index (κ3) is 5.19. The number of halogens is 3. The standard InChI is InChI=1S/C36H37Cl2FN4O3/c1-36(35(45)40-24-11-6-10-23(37)19-24)31(25-12-7-13-26(38)32(25)39)30-29(43(36)20-21-8-4-3-5-9-21)16-17-42-28-15-14-22(34(44)46-2)18-27(28)41-33(30)42/h6-7,10-15,18-19,21,29-31H,3-5,8-9,16-17,20H2,1-2H3,(H,40,45)/t29-,30+,31-,36+/m0/s1. The molecule has 1 saturated carbocycles. The SMILES string of the molecule is COC(=O)c1ccc2c(c1)nc1n2CC[C@H]2[C@@H]1[C@H](c1cccc(Cl)c1F)[C@](C)(C(=O)Nc1cccc(Cl)c1)N2CC1CCCCC1. The van der Waals surface area contributed by atoms with Crippen LogP contribution in [-0.2, 0) is 16.1 Å². The lowest BCUT2D eigenvalue weighted by molar-refractivity contribution is -0.127. The minimum Gasteiger partial charge on any atom is -0.465 e. The van der Waals surface area contributed by atoms with Crippen molar-refractivity contribution in [3.8, 4) is 0 Å². The minimum absolute atomic E-state index is 0.0180. The Morgan fingerprint density at radius 2 is 1.83 bits per heavy atom. The molecule has 1 aliphatic carbocycles. The summed E-state index contributed by atoms with van der Waals surface area (Å²) in [5.41, 5.74) is 1.79. The summed E-state index contributed by atoms with van der Waals surface area (Å²) in [6, 6.07) is 17.5. The number of hydrogen-bond acceptors (Lipinski definition) is 5. The van der Waals surface area contributed by atoms with Crippen LogP contribution in [0.2, 0.25) is 10.0 Å². The first-order valence-corrected chi connectivity index (χ1v) is 16.8. The number of nitrogens with zero attached hydrogens (tertiary/aromatic N) is 3. The Bertz CT molecular complexity index is 1820. The summed E-state index contributed by atoms with van der Waals surface area (Å²) < 4.78 is 23.4. The van der Waals surface area contributed by atoms with Gasteiger partial charge in [0.15, 0.2) is 0 Å². The molecule has 1 aromatic heterocycles. The molecule has 1 N–H and O–H groups in total. The van der Waals surface area contributed by atoms with E-state index in [1.807, 2.05) is 19.1 Å². The fourth-order valence-corrected chi connectivity index (χ4v) is 8.79. The number of rotatable bonds is 6. The second-order valence-corrected chi connectivity index (χ2v) is 13.9. The maximum atomic E-state index is 16.3. The highest BCUT2D eigenvalue weighted by Crippen LogP contribution is 2.58. The first kappa shape index (κ1) is 31.2. The lowest BCUT2D eigenvalue weighted by Crippen LogP contribution is -2.57. The van der Waals surface area contributed by atoms with Crippen LogP contribution in [0.5, 0.6) is 0 Å². The van der Waals surface area contributed by atoms with Crippen molar-refractivity contribution in [2.75, 3.05) is 19.0 Å². The molecule has 10 heteroatoms. The van der Waals surface area contributed by atoms with Crippen LogP contribution in [0.15, 0.2) is 60.7 Å². The van der Waals surface area contributed by atoms with E-state index in [0.29, 0.717) is 39.8 Å². The van der Waals surface area contributed by atoms with Crippen LogP contribution in [0, 0.1) is 11.7 Å². The van der Waals surface area contributed by atoms with Crippen molar-refractivity contribution < 1.29 is 18.7 Å². The smallest absolute Gasteiger partial charge is 0.337 e. The zero-order chi connectivity index (χ0) is 32.2. The highest BCUT2D eigenvalue weighted by atomic mass is 35.5. The number of aryl methyl sites for hydroxylation is 1. The van der Waals surface area contributed by atoms with Crippen molar-refractivity contribution in [3.63, 3.8) is 0 Å². The van der Waals surface area contributed by atoms with Gasteiger partial charge in [-0.1, -0.05) is 60.7 Å². The second kappa shape index (κ2) is 12.3. The molecule has 7 nitrogen and oxygen atoms in total.